The Kier molecular flexibility index (Phi) is 2.42. The van der Waals surface area contributed by atoms with Crippen LogP contribution in [-0.4, -0.2) is 18.1 Å². The Hall–Kier alpha value is -0.660. The van der Waals surface area contributed by atoms with Crippen molar-refractivity contribution in [3.05, 3.63) is 0 Å². The molecule has 0 amide bonds. The second-order valence-corrected chi connectivity index (χ2v) is 3.66. The summed E-state index contributed by atoms with van der Waals surface area (Å²) in [5.74, 6) is 1.11. The average Bonchev–Trinajstić information content (AvgIpc) is 2.32. The molecular formula is C9H16N2. The van der Waals surface area contributed by atoms with Gasteiger partial charge in [0.15, 0.2) is 0 Å². The van der Waals surface area contributed by atoms with Crippen LogP contribution in [0, 0.1) is 11.8 Å². The Morgan fingerprint density at radius 2 is 1.91 bits per heavy atom. The molecule has 1 atom stereocenters. The summed E-state index contributed by atoms with van der Waals surface area (Å²) in [6.07, 6.45) is 1.69. The zero-order valence-corrected chi connectivity index (χ0v) is 7.70. The third-order valence-electron chi connectivity index (χ3n) is 1.96. The molecule has 1 heterocycles. The van der Waals surface area contributed by atoms with Crippen LogP contribution in [0.25, 0.3) is 0 Å². The van der Waals surface area contributed by atoms with Crippen molar-refractivity contribution in [3.8, 4) is 0 Å². The zero-order valence-electron chi connectivity index (χ0n) is 7.70. The van der Waals surface area contributed by atoms with Crippen LogP contribution in [0.3, 0.4) is 0 Å². The fraction of sp³-hybridized carbons (Fsp3) is 0.778. The van der Waals surface area contributed by atoms with Crippen molar-refractivity contribution in [1.82, 2.24) is 0 Å². The van der Waals surface area contributed by atoms with Crippen LogP contribution in [0.5, 0.6) is 0 Å². The van der Waals surface area contributed by atoms with Crippen molar-refractivity contribution in [2.24, 2.45) is 21.8 Å². The summed E-state index contributed by atoms with van der Waals surface area (Å²) in [5, 5.41) is 0. The highest BCUT2D eigenvalue weighted by molar-refractivity contribution is 6.00. The van der Waals surface area contributed by atoms with Crippen LogP contribution in [0.2, 0.25) is 0 Å². The Morgan fingerprint density at radius 3 is 2.27 bits per heavy atom. The number of rotatable bonds is 2. The highest BCUT2D eigenvalue weighted by Gasteiger charge is 2.23. The van der Waals surface area contributed by atoms with Gasteiger partial charge in [-0.3, -0.25) is 4.99 Å². The van der Waals surface area contributed by atoms with Gasteiger partial charge >= 0.3 is 0 Å². The number of nitrogens with zero attached hydrogens (tertiary/aromatic N) is 2. The van der Waals surface area contributed by atoms with Crippen LogP contribution in [0.1, 0.15) is 27.7 Å². The molecule has 0 radical (unpaired) electrons. The quantitative estimate of drug-likeness (QED) is 0.579. The molecule has 0 aliphatic carbocycles. The van der Waals surface area contributed by atoms with Gasteiger partial charge in [-0.15, -0.1) is 0 Å². The Balaban J connectivity index is 2.69. The number of hydrogen-bond acceptors (Lipinski definition) is 2. The second-order valence-electron chi connectivity index (χ2n) is 3.66. The van der Waals surface area contributed by atoms with Gasteiger partial charge in [-0.05, 0) is 11.8 Å². The summed E-state index contributed by atoms with van der Waals surface area (Å²) in [4.78, 5) is 8.57. The lowest BCUT2D eigenvalue weighted by Crippen LogP contribution is -2.25. The molecule has 0 fully saturated rings. The van der Waals surface area contributed by atoms with E-state index < -0.39 is 0 Å². The zero-order chi connectivity index (χ0) is 8.43. The molecule has 0 aromatic rings. The lowest BCUT2D eigenvalue weighted by atomic mass is 9.93. The van der Waals surface area contributed by atoms with Gasteiger partial charge in [0.2, 0.25) is 0 Å². The molecule has 62 valence electrons. The van der Waals surface area contributed by atoms with E-state index in [0.717, 1.165) is 0 Å². The van der Waals surface area contributed by atoms with Crippen LogP contribution < -0.4 is 0 Å². The van der Waals surface area contributed by atoms with E-state index in [4.69, 9.17) is 0 Å². The van der Waals surface area contributed by atoms with Crippen molar-refractivity contribution in [1.29, 1.82) is 0 Å². The van der Waals surface area contributed by atoms with Crippen molar-refractivity contribution in [2.75, 3.05) is 0 Å². The van der Waals surface area contributed by atoms with Crippen LogP contribution in [0.15, 0.2) is 9.98 Å². The minimum absolute atomic E-state index is 0.343. The van der Waals surface area contributed by atoms with E-state index in [2.05, 4.69) is 37.7 Å². The third-order valence-corrected chi connectivity index (χ3v) is 1.96. The standard InChI is InChI=1S/C9H16N2/c1-6(2)8-9(7(3)4)11-5-10-8/h5-8H,1-4H3. The summed E-state index contributed by atoms with van der Waals surface area (Å²) >= 11 is 0. The molecule has 1 aliphatic heterocycles. The molecule has 0 N–H and O–H groups in total. The summed E-state index contributed by atoms with van der Waals surface area (Å²) in [6, 6.07) is 0.343. The van der Waals surface area contributed by atoms with E-state index in [1.54, 1.807) is 6.34 Å². The van der Waals surface area contributed by atoms with Gasteiger partial charge in [-0.2, -0.15) is 0 Å². The molecular weight excluding hydrogens is 136 g/mol. The highest BCUT2D eigenvalue weighted by Crippen LogP contribution is 2.17. The number of hydrogen-bond donors (Lipinski definition) is 0. The lowest BCUT2D eigenvalue weighted by molar-refractivity contribution is 0.586. The Labute approximate surface area is 68.4 Å². The molecule has 1 rings (SSSR count). The fourth-order valence-corrected chi connectivity index (χ4v) is 1.33. The maximum atomic E-state index is 4.31. The van der Waals surface area contributed by atoms with E-state index in [1.807, 2.05) is 0 Å². The fourth-order valence-electron chi connectivity index (χ4n) is 1.33. The molecule has 0 saturated heterocycles. The van der Waals surface area contributed by atoms with Gasteiger partial charge in [0.25, 0.3) is 0 Å². The minimum atomic E-state index is 0.343. The van der Waals surface area contributed by atoms with Crippen molar-refractivity contribution in [3.63, 3.8) is 0 Å². The SMILES string of the molecule is CC(C)C1=NC=NC1C(C)C. The van der Waals surface area contributed by atoms with Gasteiger partial charge < -0.3 is 0 Å². The summed E-state index contributed by atoms with van der Waals surface area (Å²) < 4.78 is 0. The first-order chi connectivity index (χ1) is 5.13. The van der Waals surface area contributed by atoms with Crippen LogP contribution in [0.4, 0.5) is 0 Å². The van der Waals surface area contributed by atoms with E-state index in [-0.39, 0.29) is 0 Å². The molecule has 2 heteroatoms. The first kappa shape index (κ1) is 8.44. The molecule has 0 aromatic carbocycles. The Morgan fingerprint density at radius 1 is 1.27 bits per heavy atom. The molecule has 1 aliphatic rings. The van der Waals surface area contributed by atoms with Crippen molar-refractivity contribution in [2.45, 2.75) is 33.7 Å². The van der Waals surface area contributed by atoms with Gasteiger partial charge in [0, 0.05) is 5.71 Å². The second kappa shape index (κ2) is 3.16. The first-order valence-electron chi connectivity index (χ1n) is 4.22. The molecule has 0 bridgehead atoms. The van der Waals surface area contributed by atoms with Crippen molar-refractivity contribution < 1.29 is 0 Å². The van der Waals surface area contributed by atoms with E-state index in [1.165, 1.54) is 5.71 Å². The van der Waals surface area contributed by atoms with E-state index in [9.17, 15) is 0 Å². The largest absolute Gasteiger partial charge is 0.264 e. The van der Waals surface area contributed by atoms with Gasteiger partial charge in [-0.1, -0.05) is 27.7 Å². The maximum Gasteiger partial charge on any atom is 0.110 e. The van der Waals surface area contributed by atoms with Gasteiger partial charge in [0.1, 0.15) is 6.34 Å². The highest BCUT2D eigenvalue weighted by atomic mass is 15.0. The molecule has 0 spiro atoms. The normalized spacial score (nSPS) is 23.5. The topological polar surface area (TPSA) is 24.7 Å². The molecule has 11 heavy (non-hydrogen) atoms. The van der Waals surface area contributed by atoms with Crippen LogP contribution >= 0.6 is 0 Å². The molecule has 2 nitrogen and oxygen atoms in total. The van der Waals surface area contributed by atoms with Gasteiger partial charge in [0.05, 0.1) is 6.04 Å². The first-order valence-corrected chi connectivity index (χ1v) is 4.22. The van der Waals surface area contributed by atoms with Crippen LogP contribution in [-0.2, 0) is 0 Å². The molecule has 1 unspecified atom stereocenters. The molecule has 0 aromatic heterocycles. The number of aliphatic imine (C=N–C) groups is 2. The predicted molar refractivity (Wildman–Crippen MR) is 49.4 cm³/mol. The predicted octanol–water partition coefficient (Wildman–Crippen LogP) is 2.15. The lowest BCUT2D eigenvalue weighted by Gasteiger charge is -2.16. The minimum Gasteiger partial charge on any atom is -0.264 e. The molecule has 0 saturated carbocycles. The third kappa shape index (κ3) is 1.67. The summed E-state index contributed by atoms with van der Waals surface area (Å²) in [6.45, 7) is 8.71. The Bertz CT molecular complexity index is 190. The van der Waals surface area contributed by atoms with Gasteiger partial charge in [-0.25, -0.2) is 4.99 Å². The average molecular weight is 152 g/mol. The van der Waals surface area contributed by atoms with E-state index >= 15 is 0 Å². The monoisotopic (exact) mass is 152 g/mol. The summed E-state index contributed by atoms with van der Waals surface area (Å²) in [7, 11) is 0. The van der Waals surface area contributed by atoms with E-state index in [0.29, 0.717) is 17.9 Å². The maximum absolute atomic E-state index is 4.31. The smallest absolute Gasteiger partial charge is 0.110 e. The van der Waals surface area contributed by atoms with Crippen molar-refractivity contribution >= 4 is 12.1 Å². The summed E-state index contributed by atoms with van der Waals surface area (Å²) in [5.41, 5.74) is 1.24.